The monoisotopic (exact) mass is 239 g/mol. The van der Waals surface area contributed by atoms with Gasteiger partial charge < -0.3 is 0 Å². The van der Waals surface area contributed by atoms with Gasteiger partial charge in [0.1, 0.15) is 5.69 Å². The van der Waals surface area contributed by atoms with Crippen LogP contribution in [0.15, 0.2) is 24.4 Å². The Balaban J connectivity index is 2.91. The molecule has 2 aromatic rings. The third-order valence-corrected chi connectivity index (χ3v) is 2.66. The zero-order valence-corrected chi connectivity index (χ0v) is 9.43. The highest BCUT2D eigenvalue weighted by Gasteiger charge is 2.09. The fourth-order valence-electron chi connectivity index (χ4n) is 1.49. The van der Waals surface area contributed by atoms with Crippen LogP contribution in [0.5, 0.6) is 0 Å². The summed E-state index contributed by atoms with van der Waals surface area (Å²) in [5, 5.41) is 2.52. The first kappa shape index (κ1) is 10.4. The van der Waals surface area contributed by atoms with Crippen LogP contribution >= 0.6 is 23.2 Å². The van der Waals surface area contributed by atoms with Crippen LogP contribution in [0.4, 0.5) is 0 Å². The molecule has 0 atom stereocenters. The van der Waals surface area contributed by atoms with Gasteiger partial charge in [-0.3, -0.25) is 9.78 Å². The molecule has 0 saturated heterocycles. The number of hydrogen-bond donors (Lipinski definition) is 0. The lowest BCUT2D eigenvalue weighted by molar-refractivity contribution is 0.101. The number of hydrogen-bond acceptors (Lipinski definition) is 2. The summed E-state index contributed by atoms with van der Waals surface area (Å²) in [5.41, 5.74) is 0.400. The molecule has 0 spiro atoms. The van der Waals surface area contributed by atoms with E-state index in [4.69, 9.17) is 23.2 Å². The molecule has 0 aliphatic rings. The van der Waals surface area contributed by atoms with Crippen molar-refractivity contribution in [1.82, 2.24) is 4.98 Å². The maximum absolute atomic E-state index is 11.3. The van der Waals surface area contributed by atoms with Crippen molar-refractivity contribution in [2.24, 2.45) is 0 Å². The zero-order valence-electron chi connectivity index (χ0n) is 7.92. The molecule has 0 fully saturated rings. The van der Waals surface area contributed by atoms with Gasteiger partial charge >= 0.3 is 0 Å². The molecule has 2 nitrogen and oxygen atoms in total. The summed E-state index contributed by atoms with van der Waals surface area (Å²) in [6.45, 7) is 1.47. The average Bonchev–Trinajstić information content (AvgIpc) is 2.16. The number of carbonyl (C=O) groups excluding carboxylic acids is 1. The van der Waals surface area contributed by atoms with E-state index >= 15 is 0 Å². The predicted molar refractivity (Wildman–Crippen MR) is 61.8 cm³/mol. The number of pyridine rings is 1. The van der Waals surface area contributed by atoms with Crippen molar-refractivity contribution in [2.75, 3.05) is 0 Å². The van der Waals surface area contributed by atoms with E-state index in [2.05, 4.69) is 4.98 Å². The van der Waals surface area contributed by atoms with Crippen molar-refractivity contribution in [3.8, 4) is 0 Å². The number of halogens is 2. The maximum Gasteiger partial charge on any atom is 0.178 e. The number of nitrogens with zero attached hydrogens (tertiary/aromatic N) is 1. The van der Waals surface area contributed by atoms with Crippen LogP contribution in [-0.4, -0.2) is 10.8 Å². The Morgan fingerprint density at radius 3 is 2.67 bits per heavy atom. The van der Waals surface area contributed by atoms with E-state index < -0.39 is 0 Å². The van der Waals surface area contributed by atoms with Crippen LogP contribution in [-0.2, 0) is 0 Å². The maximum atomic E-state index is 11.3. The Labute approximate surface area is 96.8 Å². The Morgan fingerprint density at radius 1 is 1.27 bits per heavy atom. The summed E-state index contributed by atoms with van der Waals surface area (Å²) in [6.07, 6.45) is 1.57. The first-order chi connectivity index (χ1) is 7.09. The molecule has 1 aromatic heterocycles. The fraction of sp³-hybridized carbons (Fsp3) is 0.0909. The first-order valence-electron chi connectivity index (χ1n) is 4.34. The number of Topliss-reactive ketones (excluding diaryl/α,β-unsaturated/α-hetero) is 1. The van der Waals surface area contributed by atoms with Gasteiger partial charge in [0, 0.05) is 28.9 Å². The minimum atomic E-state index is -0.0982. The summed E-state index contributed by atoms with van der Waals surface area (Å²) >= 11 is 11.9. The molecule has 0 aliphatic carbocycles. The second kappa shape index (κ2) is 3.80. The third-order valence-electron chi connectivity index (χ3n) is 2.13. The van der Waals surface area contributed by atoms with E-state index in [0.717, 1.165) is 5.39 Å². The molecule has 1 aromatic carbocycles. The summed E-state index contributed by atoms with van der Waals surface area (Å²) < 4.78 is 0. The summed E-state index contributed by atoms with van der Waals surface area (Å²) in [4.78, 5) is 15.4. The lowest BCUT2D eigenvalue weighted by atomic mass is 10.1. The van der Waals surface area contributed by atoms with Crippen LogP contribution in [0.1, 0.15) is 17.4 Å². The van der Waals surface area contributed by atoms with E-state index in [-0.39, 0.29) is 5.78 Å². The largest absolute Gasteiger partial charge is 0.293 e. The molecule has 0 amide bonds. The molecule has 0 bridgehead atoms. The molecular weight excluding hydrogens is 233 g/mol. The van der Waals surface area contributed by atoms with Gasteiger partial charge in [0.2, 0.25) is 0 Å². The van der Waals surface area contributed by atoms with Gasteiger partial charge in [0.15, 0.2) is 5.78 Å². The standard InChI is InChI=1S/C11H7Cl2NO/c1-6(15)11-9-4-7(12)5-10(13)8(9)2-3-14-11/h2-5H,1H3. The smallest absolute Gasteiger partial charge is 0.178 e. The van der Waals surface area contributed by atoms with Gasteiger partial charge in [-0.15, -0.1) is 0 Å². The van der Waals surface area contributed by atoms with Gasteiger partial charge in [-0.1, -0.05) is 23.2 Å². The van der Waals surface area contributed by atoms with Crippen molar-refractivity contribution in [3.63, 3.8) is 0 Å². The van der Waals surface area contributed by atoms with E-state index in [9.17, 15) is 4.79 Å². The molecule has 2 rings (SSSR count). The second-order valence-corrected chi connectivity index (χ2v) is 4.04. The highest BCUT2D eigenvalue weighted by molar-refractivity contribution is 6.39. The molecule has 4 heteroatoms. The summed E-state index contributed by atoms with van der Waals surface area (Å²) in [5.74, 6) is -0.0982. The van der Waals surface area contributed by atoms with Gasteiger partial charge in [-0.05, 0) is 18.2 Å². The number of ketones is 1. The third kappa shape index (κ3) is 1.83. The van der Waals surface area contributed by atoms with E-state index in [1.807, 2.05) is 0 Å². The number of aromatic nitrogens is 1. The van der Waals surface area contributed by atoms with Crippen molar-refractivity contribution >= 4 is 39.8 Å². The molecule has 0 saturated carbocycles. The molecule has 15 heavy (non-hydrogen) atoms. The highest BCUT2D eigenvalue weighted by Crippen LogP contribution is 2.29. The van der Waals surface area contributed by atoms with Crippen molar-refractivity contribution < 1.29 is 4.79 Å². The van der Waals surface area contributed by atoms with Crippen molar-refractivity contribution in [3.05, 3.63) is 40.1 Å². The predicted octanol–water partition coefficient (Wildman–Crippen LogP) is 3.74. The highest BCUT2D eigenvalue weighted by atomic mass is 35.5. The fourth-order valence-corrected chi connectivity index (χ4v) is 2.04. The average molecular weight is 240 g/mol. The minimum absolute atomic E-state index is 0.0982. The van der Waals surface area contributed by atoms with Crippen molar-refractivity contribution in [1.29, 1.82) is 0 Å². The van der Waals surface area contributed by atoms with Gasteiger partial charge in [0.25, 0.3) is 0 Å². The molecule has 76 valence electrons. The molecule has 1 heterocycles. The Hall–Kier alpha value is -1.12. The molecular formula is C11H7Cl2NO. The number of fused-ring (bicyclic) bond motifs is 1. The normalized spacial score (nSPS) is 10.6. The zero-order chi connectivity index (χ0) is 11.0. The van der Waals surface area contributed by atoms with Gasteiger partial charge in [-0.2, -0.15) is 0 Å². The summed E-state index contributed by atoms with van der Waals surface area (Å²) in [7, 11) is 0. The van der Waals surface area contributed by atoms with Crippen LogP contribution in [0.2, 0.25) is 10.0 Å². The lowest BCUT2D eigenvalue weighted by Gasteiger charge is -2.04. The van der Waals surface area contributed by atoms with Gasteiger partial charge in [0.05, 0.1) is 5.02 Å². The summed E-state index contributed by atoms with van der Waals surface area (Å²) in [6, 6.07) is 5.11. The molecule has 0 aliphatic heterocycles. The molecule has 0 N–H and O–H groups in total. The van der Waals surface area contributed by atoms with Crippen LogP contribution < -0.4 is 0 Å². The van der Waals surface area contributed by atoms with E-state index in [0.29, 0.717) is 21.1 Å². The van der Waals surface area contributed by atoms with Crippen LogP contribution in [0.25, 0.3) is 10.8 Å². The Morgan fingerprint density at radius 2 is 2.00 bits per heavy atom. The Kier molecular flexibility index (Phi) is 2.63. The van der Waals surface area contributed by atoms with Crippen LogP contribution in [0, 0.1) is 0 Å². The Bertz CT molecular complexity index is 552. The van der Waals surface area contributed by atoms with Crippen LogP contribution in [0.3, 0.4) is 0 Å². The van der Waals surface area contributed by atoms with E-state index in [1.165, 1.54) is 6.92 Å². The minimum Gasteiger partial charge on any atom is -0.293 e. The van der Waals surface area contributed by atoms with Crippen molar-refractivity contribution in [2.45, 2.75) is 6.92 Å². The number of benzene rings is 1. The number of rotatable bonds is 1. The SMILES string of the molecule is CC(=O)c1nccc2c(Cl)cc(Cl)cc12. The quantitative estimate of drug-likeness (QED) is 0.710. The second-order valence-electron chi connectivity index (χ2n) is 3.20. The van der Waals surface area contributed by atoms with E-state index in [1.54, 1.807) is 24.4 Å². The van der Waals surface area contributed by atoms with Gasteiger partial charge in [-0.25, -0.2) is 0 Å². The topological polar surface area (TPSA) is 30.0 Å². The number of carbonyl (C=O) groups is 1. The molecule has 0 unspecified atom stereocenters. The first-order valence-corrected chi connectivity index (χ1v) is 5.10. The lowest BCUT2D eigenvalue weighted by Crippen LogP contribution is -1.97. The molecule has 0 radical (unpaired) electrons.